The molecule has 7 nitrogen and oxygen atoms in total. The molecular formula is C18H13ClN4O3S. The van der Waals surface area contributed by atoms with Crippen LogP contribution in [0.4, 0.5) is 0 Å². The normalized spacial score (nSPS) is 11.8. The summed E-state index contributed by atoms with van der Waals surface area (Å²) in [6.45, 7) is 1.88. The topological polar surface area (TPSA) is 97.7 Å². The summed E-state index contributed by atoms with van der Waals surface area (Å²) in [5.41, 5.74) is 1.99. The molecule has 0 aliphatic rings. The van der Waals surface area contributed by atoms with Crippen LogP contribution in [0.25, 0.3) is 22.2 Å². The summed E-state index contributed by atoms with van der Waals surface area (Å²) in [7, 11) is -3.83. The molecule has 0 radical (unpaired) electrons. The van der Waals surface area contributed by atoms with Crippen molar-refractivity contribution in [2.45, 2.75) is 11.8 Å². The fourth-order valence-electron chi connectivity index (χ4n) is 2.83. The van der Waals surface area contributed by atoms with E-state index in [0.29, 0.717) is 16.6 Å². The third kappa shape index (κ3) is 2.92. The lowest BCUT2D eigenvalue weighted by Crippen LogP contribution is -2.12. The Morgan fingerprint density at radius 3 is 2.56 bits per heavy atom. The number of aryl methyl sites for hydroxylation is 1. The Hall–Kier alpha value is -2.97. The number of aromatic amines is 1. The zero-order valence-electron chi connectivity index (χ0n) is 14.0. The summed E-state index contributed by atoms with van der Waals surface area (Å²) in [5.74, 6) is 0. The molecule has 27 heavy (non-hydrogen) atoms. The van der Waals surface area contributed by atoms with Gasteiger partial charge in [-0.1, -0.05) is 41.4 Å². The molecule has 1 N–H and O–H groups in total. The molecule has 2 aromatic heterocycles. The number of nitrogens with zero attached hydrogens (tertiary/aromatic N) is 3. The predicted molar refractivity (Wildman–Crippen MR) is 102 cm³/mol. The van der Waals surface area contributed by atoms with E-state index in [0.717, 1.165) is 9.54 Å². The minimum atomic E-state index is -3.83. The predicted octanol–water partition coefficient (Wildman–Crippen LogP) is 2.99. The van der Waals surface area contributed by atoms with E-state index < -0.39 is 15.6 Å². The first-order valence-corrected chi connectivity index (χ1v) is 9.73. The van der Waals surface area contributed by atoms with Gasteiger partial charge in [0.05, 0.1) is 21.5 Å². The molecule has 9 heteroatoms. The Balaban J connectivity index is 1.95. The van der Waals surface area contributed by atoms with Crippen molar-refractivity contribution in [2.24, 2.45) is 0 Å². The summed E-state index contributed by atoms with van der Waals surface area (Å²) in [4.78, 5) is 16.5. The number of nitrogens with one attached hydrogen (secondary N) is 1. The maximum atomic E-state index is 13.0. The van der Waals surface area contributed by atoms with Gasteiger partial charge in [-0.3, -0.25) is 4.79 Å². The Morgan fingerprint density at radius 2 is 1.81 bits per heavy atom. The number of halogens is 1. The van der Waals surface area contributed by atoms with Crippen LogP contribution in [0.2, 0.25) is 5.15 Å². The van der Waals surface area contributed by atoms with Gasteiger partial charge >= 0.3 is 0 Å². The summed E-state index contributed by atoms with van der Waals surface area (Å²) in [5, 5.41) is 6.07. The van der Waals surface area contributed by atoms with Crippen LogP contribution in [0, 0.1) is 6.92 Å². The molecule has 4 rings (SSSR count). The van der Waals surface area contributed by atoms with Crippen LogP contribution >= 0.6 is 11.6 Å². The first-order valence-electron chi connectivity index (χ1n) is 7.92. The number of hydrogen-bond acceptors (Lipinski definition) is 5. The second-order valence-electron chi connectivity index (χ2n) is 5.97. The van der Waals surface area contributed by atoms with Gasteiger partial charge in [-0.2, -0.15) is 5.10 Å². The van der Waals surface area contributed by atoms with Gasteiger partial charge in [-0.05, 0) is 31.2 Å². The quantitative estimate of drug-likeness (QED) is 0.570. The standard InChI is InChI=1S/C18H13ClN4O3S/c1-11-5-7-12(8-6-11)27(25,26)23-10-20-17-13(3-2-4-15(17)23)14-9-16(19)21-22-18(14)24/h2-10H,1H3,(H,22,24). The van der Waals surface area contributed by atoms with Crippen LogP contribution in [0.15, 0.2) is 64.5 Å². The fraction of sp³-hybridized carbons (Fsp3) is 0.0556. The highest BCUT2D eigenvalue weighted by Crippen LogP contribution is 2.28. The molecule has 0 saturated carbocycles. The molecule has 136 valence electrons. The van der Waals surface area contributed by atoms with Crippen molar-refractivity contribution < 1.29 is 8.42 Å². The van der Waals surface area contributed by atoms with Gasteiger partial charge in [0.25, 0.3) is 15.6 Å². The lowest BCUT2D eigenvalue weighted by atomic mass is 10.1. The molecule has 2 heterocycles. The second kappa shape index (κ2) is 6.33. The maximum Gasteiger partial charge on any atom is 0.272 e. The van der Waals surface area contributed by atoms with Gasteiger partial charge in [0.15, 0.2) is 0 Å². The molecule has 0 aliphatic carbocycles. The lowest BCUT2D eigenvalue weighted by Gasteiger charge is -2.08. The van der Waals surface area contributed by atoms with Gasteiger partial charge in [0.1, 0.15) is 11.5 Å². The summed E-state index contributed by atoms with van der Waals surface area (Å²) in [6.07, 6.45) is 1.24. The van der Waals surface area contributed by atoms with E-state index in [4.69, 9.17) is 11.6 Å². The molecule has 0 unspecified atom stereocenters. The molecular weight excluding hydrogens is 388 g/mol. The van der Waals surface area contributed by atoms with Crippen molar-refractivity contribution in [3.8, 4) is 11.1 Å². The minimum Gasteiger partial charge on any atom is -0.267 e. The average molecular weight is 401 g/mol. The van der Waals surface area contributed by atoms with Gasteiger partial charge in [0.2, 0.25) is 0 Å². The second-order valence-corrected chi connectivity index (χ2v) is 8.17. The van der Waals surface area contributed by atoms with Crippen LogP contribution in [-0.2, 0) is 10.0 Å². The molecule has 0 aliphatic heterocycles. The number of benzene rings is 2. The number of imidazole rings is 1. The van der Waals surface area contributed by atoms with Crippen LogP contribution in [0.1, 0.15) is 5.56 Å². The van der Waals surface area contributed by atoms with Crippen molar-refractivity contribution >= 4 is 32.7 Å². The zero-order chi connectivity index (χ0) is 19.2. The highest BCUT2D eigenvalue weighted by Gasteiger charge is 2.21. The summed E-state index contributed by atoms with van der Waals surface area (Å²) >= 11 is 5.89. The maximum absolute atomic E-state index is 13.0. The number of para-hydroxylation sites is 1. The van der Waals surface area contributed by atoms with Crippen LogP contribution in [-0.4, -0.2) is 27.6 Å². The molecule has 0 bridgehead atoms. The molecule has 0 amide bonds. The Kier molecular flexibility index (Phi) is 4.09. The van der Waals surface area contributed by atoms with Gasteiger partial charge in [-0.15, -0.1) is 0 Å². The Bertz CT molecular complexity index is 1320. The van der Waals surface area contributed by atoms with E-state index >= 15 is 0 Å². The van der Waals surface area contributed by atoms with Gasteiger partial charge in [-0.25, -0.2) is 22.5 Å². The third-order valence-electron chi connectivity index (χ3n) is 4.18. The van der Waals surface area contributed by atoms with E-state index in [1.54, 1.807) is 42.5 Å². The SMILES string of the molecule is Cc1ccc(S(=O)(=O)n2cnc3c(-c4cc(Cl)n[nH]c4=O)cccc32)cc1. The van der Waals surface area contributed by atoms with Gasteiger partial charge < -0.3 is 0 Å². The number of H-pyrrole nitrogens is 1. The highest BCUT2D eigenvalue weighted by molar-refractivity contribution is 7.90. The van der Waals surface area contributed by atoms with Crippen LogP contribution < -0.4 is 5.56 Å². The van der Waals surface area contributed by atoms with Gasteiger partial charge in [0, 0.05) is 5.56 Å². The molecule has 0 saturated heterocycles. The number of rotatable bonds is 3. The summed E-state index contributed by atoms with van der Waals surface area (Å²) in [6, 6.07) is 13.0. The smallest absolute Gasteiger partial charge is 0.267 e. The van der Waals surface area contributed by atoms with E-state index in [1.165, 1.54) is 12.4 Å². The van der Waals surface area contributed by atoms with Crippen molar-refractivity contribution in [3.63, 3.8) is 0 Å². The molecule has 4 aromatic rings. The first kappa shape index (κ1) is 17.4. The number of aromatic nitrogens is 4. The summed E-state index contributed by atoms with van der Waals surface area (Å²) < 4.78 is 27.1. The Morgan fingerprint density at radius 1 is 1.07 bits per heavy atom. The number of hydrogen-bond donors (Lipinski definition) is 1. The highest BCUT2D eigenvalue weighted by atomic mass is 35.5. The molecule has 0 atom stereocenters. The van der Waals surface area contributed by atoms with Crippen molar-refractivity contribution in [3.05, 3.63) is 75.9 Å². The lowest BCUT2D eigenvalue weighted by molar-refractivity contribution is 0.588. The van der Waals surface area contributed by atoms with Crippen molar-refractivity contribution in [1.29, 1.82) is 0 Å². The zero-order valence-corrected chi connectivity index (χ0v) is 15.6. The average Bonchev–Trinajstić information content (AvgIpc) is 3.09. The molecule has 0 spiro atoms. The number of fused-ring (bicyclic) bond motifs is 1. The molecule has 0 fully saturated rings. The minimum absolute atomic E-state index is 0.119. The van der Waals surface area contributed by atoms with E-state index in [2.05, 4.69) is 15.2 Å². The van der Waals surface area contributed by atoms with Crippen LogP contribution in [0.5, 0.6) is 0 Å². The van der Waals surface area contributed by atoms with E-state index in [-0.39, 0.29) is 15.6 Å². The first-order chi connectivity index (χ1) is 12.9. The Labute approximate surface area is 159 Å². The molecule has 2 aromatic carbocycles. The van der Waals surface area contributed by atoms with Crippen LogP contribution in [0.3, 0.4) is 0 Å². The van der Waals surface area contributed by atoms with Crippen molar-refractivity contribution in [2.75, 3.05) is 0 Å². The largest absolute Gasteiger partial charge is 0.272 e. The fourth-order valence-corrected chi connectivity index (χ4v) is 4.27. The monoisotopic (exact) mass is 400 g/mol. The van der Waals surface area contributed by atoms with E-state index in [1.807, 2.05) is 6.92 Å². The third-order valence-corrected chi connectivity index (χ3v) is 6.05. The van der Waals surface area contributed by atoms with E-state index in [9.17, 15) is 13.2 Å². The van der Waals surface area contributed by atoms with Crippen molar-refractivity contribution in [1.82, 2.24) is 19.2 Å².